The van der Waals surface area contributed by atoms with Gasteiger partial charge < -0.3 is 10.1 Å². The fourth-order valence-electron chi connectivity index (χ4n) is 2.11. The molecular formula is C13H26N2O. The van der Waals surface area contributed by atoms with E-state index < -0.39 is 0 Å². The van der Waals surface area contributed by atoms with Crippen molar-refractivity contribution in [3.8, 4) is 0 Å². The van der Waals surface area contributed by atoms with Crippen molar-refractivity contribution in [1.29, 1.82) is 0 Å². The highest BCUT2D eigenvalue weighted by atomic mass is 16.5. The van der Waals surface area contributed by atoms with Crippen molar-refractivity contribution in [1.82, 2.24) is 10.2 Å². The standard InChI is InChI=1S/C13H26N2O/c1-11(9-14-3)10-15(7-8-16-4)12(2)13-5-6-13/h12-14H,1,5-10H2,2-4H3. The first kappa shape index (κ1) is 13.7. The summed E-state index contributed by atoms with van der Waals surface area (Å²) in [5.41, 5.74) is 1.26. The average Bonchev–Trinajstić information content (AvgIpc) is 3.07. The summed E-state index contributed by atoms with van der Waals surface area (Å²) in [4.78, 5) is 2.50. The number of likely N-dealkylation sites (N-methyl/N-ethyl adjacent to an activating group) is 1. The Bertz CT molecular complexity index is 214. The molecule has 0 aromatic heterocycles. The Hall–Kier alpha value is -0.380. The molecule has 0 aliphatic heterocycles. The van der Waals surface area contributed by atoms with Gasteiger partial charge in [0.05, 0.1) is 6.61 Å². The van der Waals surface area contributed by atoms with E-state index in [1.54, 1.807) is 7.11 Å². The summed E-state index contributed by atoms with van der Waals surface area (Å²) in [6.45, 7) is 10.2. The number of ether oxygens (including phenoxy) is 1. The molecule has 0 aromatic rings. The molecule has 0 spiro atoms. The SMILES string of the molecule is C=C(CNC)CN(CCOC)C(C)C1CC1. The molecule has 1 aliphatic carbocycles. The van der Waals surface area contributed by atoms with E-state index in [2.05, 4.69) is 23.7 Å². The third-order valence-electron chi connectivity index (χ3n) is 3.32. The fraction of sp³-hybridized carbons (Fsp3) is 0.846. The van der Waals surface area contributed by atoms with Gasteiger partial charge in [-0.05, 0) is 38.3 Å². The van der Waals surface area contributed by atoms with Crippen molar-refractivity contribution in [2.75, 3.05) is 40.4 Å². The van der Waals surface area contributed by atoms with Crippen molar-refractivity contribution in [2.45, 2.75) is 25.8 Å². The summed E-state index contributed by atoms with van der Waals surface area (Å²) in [6, 6.07) is 0.670. The molecule has 1 N–H and O–H groups in total. The molecule has 1 unspecified atom stereocenters. The van der Waals surface area contributed by atoms with E-state index in [1.165, 1.54) is 18.4 Å². The molecule has 0 radical (unpaired) electrons. The van der Waals surface area contributed by atoms with Crippen LogP contribution < -0.4 is 5.32 Å². The normalized spacial score (nSPS) is 17.8. The molecule has 0 heterocycles. The molecule has 1 aliphatic rings. The van der Waals surface area contributed by atoms with E-state index in [-0.39, 0.29) is 0 Å². The number of rotatable bonds is 9. The maximum atomic E-state index is 5.18. The minimum absolute atomic E-state index is 0.670. The zero-order chi connectivity index (χ0) is 12.0. The van der Waals surface area contributed by atoms with Crippen molar-refractivity contribution in [2.24, 2.45) is 5.92 Å². The van der Waals surface area contributed by atoms with Gasteiger partial charge in [-0.1, -0.05) is 6.58 Å². The van der Waals surface area contributed by atoms with Crippen molar-refractivity contribution < 1.29 is 4.74 Å². The van der Waals surface area contributed by atoms with Crippen LogP contribution in [0, 0.1) is 5.92 Å². The van der Waals surface area contributed by atoms with Crippen LogP contribution in [0.25, 0.3) is 0 Å². The highest BCUT2D eigenvalue weighted by Crippen LogP contribution is 2.35. The Morgan fingerprint density at radius 1 is 1.56 bits per heavy atom. The first-order valence-electron chi connectivity index (χ1n) is 6.23. The molecule has 0 saturated heterocycles. The lowest BCUT2D eigenvalue weighted by Gasteiger charge is -2.29. The van der Waals surface area contributed by atoms with Gasteiger partial charge in [-0.3, -0.25) is 4.90 Å². The van der Waals surface area contributed by atoms with Crippen LogP contribution in [0.5, 0.6) is 0 Å². The Kier molecular flexibility index (Phi) is 6.03. The maximum absolute atomic E-state index is 5.18. The van der Waals surface area contributed by atoms with Crippen molar-refractivity contribution in [3.05, 3.63) is 12.2 Å². The largest absolute Gasteiger partial charge is 0.383 e. The highest BCUT2D eigenvalue weighted by Gasteiger charge is 2.31. The molecule has 3 nitrogen and oxygen atoms in total. The lowest BCUT2D eigenvalue weighted by molar-refractivity contribution is 0.124. The van der Waals surface area contributed by atoms with Gasteiger partial charge in [0.25, 0.3) is 0 Å². The lowest BCUT2D eigenvalue weighted by atomic mass is 10.1. The number of hydrogen-bond donors (Lipinski definition) is 1. The van der Waals surface area contributed by atoms with E-state index in [9.17, 15) is 0 Å². The summed E-state index contributed by atoms with van der Waals surface area (Å²) in [5.74, 6) is 0.902. The van der Waals surface area contributed by atoms with Gasteiger partial charge in [-0.25, -0.2) is 0 Å². The van der Waals surface area contributed by atoms with Gasteiger partial charge in [-0.15, -0.1) is 0 Å². The van der Waals surface area contributed by atoms with Gasteiger partial charge in [0.15, 0.2) is 0 Å². The molecule has 1 saturated carbocycles. The van der Waals surface area contributed by atoms with Crippen LogP contribution in [0.3, 0.4) is 0 Å². The summed E-state index contributed by atoms with van der Waals surface area (Å²) in [6.07, 6.45) is 2.78. The zero-order valence-electron chi connectivity index (χ0n) is 11.0. The minimum atomic E-state index is 0.670. The van der Waals surface area contributed by atoms with Crippen LogP contribution in [0.4, 0.5) is 0 Å². The molecule has 0 aromatic carbocycles. The highest BCUT2D eigenvalue weighted by molar-refractivity contribution is 5.01. The Morgan fingerprint density at radius 2 is 2.25 bits per heavy atom. The van der Waals surface area contributed by atoms with Crippen LogP contribution in [0.1, 0.15) is 19.8 Å². The second-order valence-electron chi connectivity index (χ2n) is 4.82. The summed E-state index contributed by atoms with van der Waals surface area (Å²) in [5, 5.41) is 3.16. The number of nitrogens with one attached hydrogen (secondary N) is 1. The van der Waals surface area contributed by atoms with E-state index in [1.807, 2.05) is 7.05 Å². The lowest BCUT2D eigenvalue weighted by Crippen LogP contribution is -2.39. The van der Waals surface area contributed by atoms with Crippen molar-refractivity contribution in [3.63, 3.8) is 0 Å². The third kappa shape index (κ3) is 4.64. The molecule has 3 heteroatoms. The van der Waals surface area contributed by atoms with E-state index in [0.717, 1.165) is 32.2 Å². The monoisotopic (exact) mass is 226 g/mol. The van der Waals surface area contributed by atoms with E-state index >= 15 is 0 Å². The van der Waals surface area contributed by atoms with E-state index in [4.69, 9.17) is 4.74 Å². The third-order valence-corrected chi connectivity index (χ3v) is 3.32. The van der Waals surface area contributed by atoms with Crippen molar-refractivity contribution >= 4 is 0 Å². The van der Waals surface area contributed by atoms with E-state index in [0.29, 0.717) is 6.04 Å². The summed E-state index contributed by atoms with van der Waals surface area (Å²) >= 11 is 0. The number of hydrogen-bond acceptors (Lipinski definition) is 3. The minimum Gasteiger partial charge on any atom is -0.383 e. The van der Waals surface area contributed by atoms with Gasteiger partial charge in [0.1, 0.15) is 0 Å². The Labute approximate surface area is 99.8 Å². The fourth-order valence-corrected chi connectivity index (χ4v) is 2.11. The molecular weight excluding hydrogens is 200 g/mol. The first-order chi connectivity index (χ1) is 7.69. The molecule has 16 heavy (non-hydrogen) atoms. The average molecular weight is 226 g/mol. The Morgan fingerprint density at radius 3 is 2.75 bits per heavy atom. The van der Waals surface area contributed by atoms with Crippen LogP contribution >= 0.6 is 0 Å². The smallest absolute Gasteiger partial charge is 0.0589 e. The second-order valence-corrected chi connectivity index (χ2v) is 4.82. The van der Waals surface area contributed by atoms with Gasteiger partial charge >= 0.3 is 0 Å². The molecule has 0 amide bonds. The van der Waals surface area contributed by atoms with Crippen LogP contribution in [-0.4, -0.2) is 51.3 Å². The molecule has 94 valence electrons. The zero-order valence-corrected chi connectivity index (χ0v) is 11.0. The molecule has 1 fully saturated rings. The maximum Gasteiger partial charge on any atom is 0.0589 e. The molecule has 0 bridgehead atoms. The first-order valence-corrected chi connectivity index (χ1v) is 6.23. The Balaban J connectivity index is 2.38. The topological polar surface area (TPSA) is 24.5 Å². The van der Waals surface area contributed by atoms with Gasteiger partial charge in [0, 0.05) is 32.8 Å². The van der Waals surface area contributed by atoms with Gasteiger partial charge in [0.2, 0.25) is 0 Å². The number of methoxy groups -OCH3 is 1. The predicted molar refractivity (Wildman–Crippen MR) is 68.7 cm³/mol. The summed E-state index contributed by atoms with van der Waals surface area (Å²) < 4.78 is 5.18. The predicted octanol–water partition coefficient (Wildman–Crippen LogP) is 1.51. The summed E-state index contributed by atoms with van der Waals surface area (Å²) in [7, 11) is 3.73. The van der Waals surface area contributed by atoms with Crippen LogP contribution in [0.15, 0.2) is 12.2 Å². The number of nitrogens with zero attached hydrogens (tertiary/aromatic N) is 1. The van der Waals surface area contributed by atoms with Crippen LogP contribution in [-0.2, 0) is 4.74 Å². The van der Waals surface area contributed by atoms with Crippen LogP contribution in [0.2, 0.25) is 0 Å². The van der Waals surface area contributed by atoms with Gasteiger partial charge in [-0.2, -0.15) is 0 Å². The molecule has 1 atom stereocenters. The quantitative estimate of drug-likeness (QED) is 0.603. The second kappa shape index (κ2) is 7.05. The molecule has 1 rings (SSSR count).